The minimum atomic E-state index is -1.11. The third kappa shape index (κ3) is 1.76. The Balaban J connectivity index is 2.43. The fourth-order valence-corrected chi connectivity index (χ4v) is 4.81. The van der Waals surface area contributed by atoms with Gasteiger partial charge in [-0.25, -0.2) is 0 Å². The second kappa shape index (κ2) is 3.57. The van der Waals surface area contributed by atoms with E-state index in [2.05, 4.69) is 27.7 Å². The molecule has 2 aliphatic carbocycles. The van der Waals surface area contributed by atoms with Gasteiger partial charge in [-0.2, -0.15) is 0 Å². The van der Waals surface area contributed by atoms with Gasteiger partial charge in [0.2, 0.25) is 0 Å². The Bertz CT molecular complexity index is 343. The molecule has 98 valence electrons. The first-order valence-corrected chi connectivity index (χ1v) is 6.86. The van der Waals surface area contributed by atoms with E-state index in [4.69, 9.17) is 0 Å². The molecular weight excluding hydrogens is 212 g/mol. The molecule has 1 spiro atoms. The quantitative estimate of drug-likeness (QED) is 0.703. The minimum absolute atomic E-state index is 0.0508. The van der Waals surface area contributed by atoms with Gasteiger partial charge in [-0.05, 0) is 43.4 Å². The zero-order chi connectivity index (χ0) is 13.1. The standard InChI is InChI=1S/C15H26O2/c1-10-7-13(3,4)9-15(8-10)11(2)6-12(16)14(15,5)17/h10-11,17H,6-9H2,1-5H3/t10-,11-,14-,15-/m1/s1. The smallest absolute Gasteiger partial charge is 0.164 e. The SMILES string of the molecule is C[C@@H]1CC(C)(C)C[C@]2(C1)[C@H](C)CC(=O)[C@@]2(C)O. The molecule has 0 heterocycles. The lowest BCUT2D eigenvalue weighted by atomic mass is 9.53. The summed E-state index contributed by atoms with van der Waals surface area (Å²) in [5.74, 6) is 0.959. The van der Waals surface area contributed by atoms with Crippen LogP contribution in [-0.2, 0) is 4.79 Å². The van der Waals surface area contributed by atoms with Crippen molar-refractivity contribution in [2.75, 3.05) is 0 Å². The summed E-state index contributed by atoms with van der Waals surface area (Å²) in [6, 6.07) is 0. The van der Waals surface area contributed by atoms with Crippen molar-refractivity contribution in [2.24, 2.45) is 22.7 Å². The van der Waals surface area contributed by atoms with Crippen molar-refractivity contribution in [3.05, 3.63) is 0 Å². The summed E-state index contributed by atoms with van der Waals surface area (Å²) in [5, 5.41) is 10.7. The van der Waals surface area contributed by atoms with Gasteiger partial charge >= 0.3 is 0 Å². The molecule has 0 aromatic rings. The zero-order valence-corrected chi connectivity index (χ0v) is 11.8. The van der Waals surface area contributed by atoms with Gasteiger partial charge in [0.25, 0.3) is 0 Å². The molecule has 2 fully saturated rings. The molecule has 2 saturated carbocycles. The van der Waals surface area contributed by atoms with Gasteiger partial charge < -0.3 is 5.11 Å². The number of hydrogen-bond donors (Lipinski definition) is 1. The van der Waals surface area contributed by atoms with Gasteiger partial charge in [-0.3, -0.25) is 4.79 Å². The van der Waals surface area contributed by atoms with Crippen molar-refractivity contribution in [3.8, 4) is 0 Å². The van der Waals surface area contributed by atoms with E-state index in [-0.39, 0.29) is 16.6 Å². The number of aliphatic hydroxyl groups is 1. The molecule has 1 N–H and O–H groups in total. The van der Waals surface area contributed by atoms with Gasteiger partial charge in [-0.1, -0.05) is 27.7 Å². The molecule has 0 bridgehead atoms. The highest BCUT2D eigenvalue weighted by Gasteiger charge is 2.63. The summed E-state index contributed by atoms with van der Waals surface area (Å²) in [6.45, 7) is 10.7. The molecule has 2 rings (SSSR count). The van der Waals surface area contributed by atoms with Crippen molar-refractivity contribution in [3.63, 3.8) is 0 Å². The van der Waals surface area contributed by atoms with E-state index in [0.29, 0.717) is 18.3 Å². The number of ketones is 1. The first-order valence-electron chi connectivity index (χ1n) is 6.86. The molecule has 0 aliphatic heterocycles. The van der Waals surface area contributed by atoms with Crippen LogP contribution in [0.2, 0.25) is 0 Å². The molecule has 2 heteroatoms. The molecule has 4 atom stereocenters. The summed E-state index contributed by atoms with van der Waals surface area (Å²) in [5.41, 5.74) is -1.07. The predicted octanol–water partition coefficient (Wildman–Crippen LogP) is 3.18. The lowest BCUT2D eigenvalue weighted by Gasteiger charge is -2.52. The highest BCUT2D eigenvalue weighted by atomic mass is 16.3. The third-order valence-corrected chi connectivity index (χ3v) is 5.36. The average Bonchev–Trinajstić information content (AvgIpc) is 2.25. The fraction of sp³-hybridized carbons (Fsp3) is 0.933. The molecule has 2 nitrogen and oxygen atoms in total. The van der Waals surface area contributed by atoms with Gasteiger partial charge in [0.05, 0.1) is 0 Å². The summed E-state index contributed by atoms with van der Waals surface area (Å²) in [4.78, 5) is 12.0. The van der Waals surface area contributed by atoms with Crippen molar-refractivity contribution in [1.82, 2.24) is 0 Å². The summed E-state index contributed by atoms with van der Waals surface area (Å²) in [6.07, 6.45) is 3.72. The van der Waals surface area contributed by atoms with Crippen molar-refractivity contribution in [1.29, 1.82) is 0 Å². The molecule has 0 radical (unpaired) electrons. The van der Waals surface area contributed by atoms with Crippen LogP contribution >= 0.6 is 0 Å². The van der Waals surface area contributed by atoms with Gasteiger partial charge in [0.1, 0.15) is 5.60 Å². The van der Waals surface area contributed by atoms with Crippen LogP contribution < -0.4 is 0 Å². The van der Waals surface area contributed by atoms with Crippen LogP contribution in [0.1, 0.15) is 60.3 Å². The maximum absolute atomic E-state index is 12.0. The van der Waals surface area contributed by atoms with E-state index in [1.807, 2.05) is 0 Å². The molecule has 0 amide bonds. The van der Waals surface area contributed by atoms with E-state index in [1.54, 1.807) is 6.92 Å². The lowest BCUT2D eigenvalue weighted by molar-refractivity contribution is -0.152. The Kier molecular flexibility index (Phi) is 2.74. The highest BCUT2D eigenvalue weighted by molar-refractivity contribution is 5.90. The molecular formula is C15H26O2. The van der Waals surface area contributed by atoms with Crippen LogP contribution in [0.15, 0.2) is 0 Å². The first-order chi connectivity index (χ1) is 7.61. The topological polar surface area (TPSA) is 37.3 Å². The van der Waals surface area contributed by atoms with Crippen molar-refractivity contribution < 1.29 is 9.90 Å². The Morgan fingerprint density at radius 1 is 1.18 bits per heavy atom. The molecule has 0 unspecified atom stereocenters. The largest absolute Gasteiger partial charge is 0.382 e. The van der Waals surface area contributed by atoms with Crippen LogP contribution in [0.3, 0.4) is 0 Å². The summed E-state index contributed by atoms with van der Waals surface area (Å²) >= 11 is 0. The number of rotatable bonds is 0. The molecule has 17 heavy (non-hydrogen) atoms. The predicted molar refractivity (Wildman–Crippen MR) is 68.6 cm³/mol. The zero-order valence-electron chi connectivity index (χ0n) is 11.8. The molecule has 0 saturated heterocycles. The number of carbonyl (C=O) groups excluding carboxylic acids is 1. The van der Waals surface area contributed by atoms with E-state index in [9.17, 15) is 9.90 Å². The number of carbonyl (C=O) groups is 1. The van der Waals surface area contributed by atoms with Crippen molar-refractivity contribution in [2.45, 2.75) is 65.9 Å². The Morgan fingerprint density at radius 3 is 2.18 bits per heavy atom. The second-order valence-corrected chi connectivity index (χ2v) is 7.61. The van der Waals surface area contributed by atoms with Crippen LogP contribution in [-0.4, -0.2) is 16.5 Å². The average molecular weight is 238 g/mol. The van der Waals surface area contributed by atoms with E-state index in [0.717, 1.165) is 12.8 Å². The van der Waals surface area contributed by atoms with E-state index >= 15 is 0 Å². The van der Waals surface area contributed by atoms with Crippen LogP contribution in [0, 0.1) is 22.7 Å². The Morgan fingerprint density at radius 2 is 1.76 bits per heavy atom. The second-order valence-electron chi connectivity index (χ2n) is 7.61. The molecule has 0 aromatic carbocycles. The lowest BCUT2D eigenvalue weighted by Crippen LogP contribution is -2.53. The normalized spacial score (nSPS) is 49.9. The minimum Gasteiger partial charge on any atom is -0.382 e. The van der Waals surface area contributed by atoms with Crippen LogP contribution in [0.4, 0.5) is 0 Å². The number of Topliss-reactive ketones (excluding diaryl/α,β-unsaturated/α-hetero) is 1. The van der Waals surface area contributed by atoms with Gasteiger partial charge in [0, 0.05) is 11.8 Å². The third-order valence-electron chi connectivity index (χ3n) is 5.36. The van der Waals surface area contributed by atoms with Crippen LogP contribution in [0.5, 0.6) is 0 Å². The Labute approximate surface area is 105 Å². The maximum Gasteiger partial charge on any atom is 0.164 e. The van der Waals surface area contributed by atoms with Gasteiger partial charge in [0.15, 0.2) is 5.78 Å². The van der Waals surface area contributed by atoms with Gasteiger partial charge in [-0.15, -0.1) is 0 Å². The highest BCUT2D eigenvalue weighted by Crippen LogP contribution is 2.61. The summed E-state index contributed by atoms with van der Waals surface area (Å²) in [7, 11) is 0. The monoisotopic (exact) mass is 238 g/mol. The first kappa shape index (κ1) is 13.1. The maximum atomic E-state index is 12.0. The van der Waals surface area contributed by atoms with Crippen molar-refractivity contribution >= 4 is 5.78 Å². The fourth-order valence-electron chi connectivity index (χ4n) is 4.81. The van der Waals surface area contributed by atoms with E-state index in [1.165, 1.54) is 6.42 Å². The molecule has 0 aromatic heterocycles. The van der Waals surface area contributed by atoms with E-state index < -0.39 is 5.60 Å². The Hall–Kier alpha value is -0.370. The molecule has 2 aliphatic rings. The number of hydrogen-bond acceptors (Lipinski definition) is 2. The van der Waals surface area contributed by atoms with Crippen LogP contribution in [0.25, 0.3) is 0 Å². The summed E-state index contributed by atoms with van der Waals surface area (Å²) < 4.78 is 0.